The minimum absolute atomic E-state index is 0. The van der Waals surface area contributed by atoms with Gasteiger partial charge >= 0.3 is 0 Å². The van der Waals surface area contributed by atoms with Gasteiger partial charge in [0.05, 0.1) is 0 Å². The van der Waals surface area contributed by atoms with Crippen LogP contribution in [0.2, 0.25) is 0 Å². The van der Waals surface area contributed by atoms with Crippen LogP contribution >= 0.6 is 0 Å². The Morgan fingerprint density at radius 1 is 1.30 bits per heavy atom. The van der Waals surface area contributed by atoms with E-state index in [9.17, 15) is 0 Å². The molecule has 0 aliphatic carbocycles. The molecule has 0 spiro atoms. The number of fused-ring (bicyclic) bond motifs is 6. The number of hydrogen-bond acceptors (Lipinski definition) is 1. The average Bonchev–Trinajstić information content (AvgIpc) is 2.88. The average molecular weight is 349 g/mol. The topological polar surface area (TPSA) is 19.0 Å². The quantitative estimate of drug-likeness (QED) is 0.830. The van der Waals surface area contributed by atoms with E-state index in [-0.39, 0.29) is 20.0 Å². The molecule has 1 fully saturated rings. The Kier molecular flexibility index (Phi) is 5.25. The maximum absolute atomic E-state index is 3.79. The first-order valence-corrected chi connectivity index (χ1v) is 9.11. The van der Waals surface area contributed by atoms with Crippen LogP contribution in [0.1, 0.15) is 58.1 Å². The Morgan fingerprint density at radius 2 is 2.13 bits per heavy atom. The molecule has 2 aliphatic rings. The van der Waals surface area contributed by atoms with Crippen molar-refractivity contribution in [2.24, 2.45) is 5.92 Å². The van der Waals surface area contributed by atoms with Gasteiger partial charge < -0.3 is 4.98 Å². The van der Waals surface area contributed by atoms with Crippen molar-refractivity contribution in [3.63, 3.8) is 0 Å². The Hall–Kier alpha value is -0.696. The third-order valence-corrected chi connectivity index (χ3v) is 6.07. The molecule has 4 rings (SSSR count). The van der Waals surface area contributed by atoms with Gasteiger partial charge in [-0.05, 0) is 43.7 Å². The van der Waals surface area contributed by atoms with Crippen LogP contribution in [0.4, 0.5) is 0 Å². The maximum Gasteiger partial charge on any atom is 0.0459 e. The van der Waals surface area contributed by atoms with E-state index in [4.69, 9.17) is 0 Å². The van der Waals surface area contributed by atoms with Crippen molar-refractivity contribution in [1.82, 2.24) is 9.88 Å². The number of rotatable bonds is 3. The molecule has 2 nitrogen and oxygen atoms in total. The Bertz CT molecular complexity index is 669. The van der Waals surface area contributed by atoms with Crippen molar-refractivity contribution >= 4 is 10.9 Å². The molecule has 1 N–H and O–H groups in total. The summed E-state index contributed by atoms with van der Waals surface area (Å²) >= 11 is 0. The molecule has 3 heterocycles. The van der Waals surface area contributed by atoms with Gasteiger partial charge in [0.15, 0.2) is 0 Å². The van der Waals surface area contributed by atoms with Gasteiger partial charge in [-0.15, -0.1) is 0 Å². The van der Waals surface area contributed by atoms with E-state index in [1.165, 1.54) is 56.1 Å². The predicted octanol–water partition coefficient (Wildman–Crippen LogP) is 4.95. The number of aromatic amines is 1. The van der Waals surface area contributed by atoms with Gasteiger partial charge in [0.2, 0.25) is 0 Å². The zero-order valence-electron chi connectivity index (χ0n) is 14.4. The second-order valence-electron chi connectivity index (χ2n) is 7.40. The van der Waals surface area contributed by atoms with Crippen molar-refractivity contribution in [2.75, 3.05) is 13.1 Å². The summed E-state index contributed by atoms with van der Waals surface area (Å²) in [5.74, 6) is 1.58. The minimum Gasteiger partial charge on any atom is -0.358 e. The normalized spacial score (nSPS) is 29.7. The molecule has 0 amide bonds. The number of nitrogens with zero attached hydrogens (tertiary/aromatic N) is 1. The van der Waals surface area contributed by atoms with E-state index in [1.54, 1.807) is 11.3 Å². The van der Waals surface area contributed by atoms with Crippen molar-refractivity contribution in [1.29, 1.82) is 0 Å². The van der Waals surface area contributed by atoms with Crippen LogP contribution in [-0.2, 0) is 25.0 Å². The molecule has 4 atom stereocenters. The summed E-state index contributed by atoms with van der Waals surface area (Å²) in [6.07, 6.45) is 6.71. The Labute approximate surface area is 153 Å². The molecule has 2 aliphatic heterocycles. The van der Waals surface area contributed by atoms with Crippen LogP contribution in [-0.4, -0.2) is 29.0 Å². The number of nitrogens with one attached hydrogen (secondary N) is 1. The minimum atomic E-state index is 0. The molecule has 1 aromatic carbocycles. The van der Waals surface area contributed by atoms with Gasteiger partial charge in [0, 0.05) is 61.6 Å². The van der Waals surface area contributed by atoms with Gasteiger partial charge in [-0.1, -0.05) is 38.0 Å². The first-order chi connectivity index (χ1) is 10.8. The number of hydrogen-bond donors (Lipinski definition) is 1. The second kappa shape index (κ2) is 7.05. The van der Waals surface area contributed by atoms with E-state index in [1.807, 2.05) is 0 Å². The molecule has 2 bridgehead atoms. The van der Waals surface area contributed by atoms with Crippen molar-refractivity contribution in [3.8, 4) is 0 Å². The number of aromatic nitrogens is 1. The Balaban J connectivity index is 0.00000104. The molecular weight excluding hydrogens is 319 g/mol. The number of para-hydroxylation sites is 1. The van der Waals surface area contributed by atoms with E-state index in [2.05, 4.69) is 48.0 Å². The SMILES string of the molecule is CCCCC1CC2c3[nH]c4ccccc4c3CCN(C1)C2C.[HH].[V]. The first-order valence-electron chi connectivity index (χ1n) is 9.11. The molecule has 3 heteroatoms. The smallest absolute Gasteiger partial charge is 0.0459 e. The van der Waals surface area contributed by atoms with Crippen molar-refractivity contribution < 1.29 is 20.0 Å². The zero-order chi connectivity index (χ0) is 15.1. The molecule has 125 valence electrons. The molecule has 1 aromatic heterocycles. The van der Waals surface area contributed by atoms with Crippen LogP contribution in [0.3, 0.4) is 0 Å². The zero-order valence-corrected chi connectivity index (χ0v) is 15.8. The van der Waals surface area contributed by atoms with Gasteiger partial charge in [0.1, 0.15) is 0 Å². The third kappa shape index (κ3) is 3.02. The summed E-state index contributed by atoms with van der Waals surface area (Å²) in [5, 5.41) is 1.46. The van der Waals surface area contributed by atoms with E-state index in [0.29, 0.717) is 12.0 Å². The summed E-state index contributed by atoms with van der Waals surface area (Å²) in [6.45, 7) is 7.31. The standard InChI is InChI=1S/C20H28N2.V.H2/c1-3-4-7-15-12-18-14(2)22(13-15)11-10-17-16-8-5-6-9-19(16)21-20(17)18;;/h5-6,8-9,14-15,18,21H,3-4,7,10-13H2,1-2H3;;1H. The summed E-state index contributed by atoms with van der Waals surface area (Å²) in [4.78, 5) is 6.55. The summed E-state index contributed by atoms with van der Waals surface area (Å²) in [6, 6.07) is 9.56. The second-order valence-corrected chi connectivity index (χ2v) is 7.40. The number of H-pyrrole nitrogens is 1. The van der Waals surface area contributed by atoms with Crippen molar-refractivity contribution in [2.45, 2.75) is 57.9 Å². The van der Waals surface area contributed by atoms with Crippen LogP contribution in [0.15, 0.2) is 24.3 Å². The van der Waals surface area contributed by atoms with Gasteiger partial charge in [-0.3, -0.25) is 4.90 Å². The van der Waals surface area contributed by atoms with Gasteiger partial charge in [-0.2, -0.15) is 0 Å². The molecule has 2 aromatic rings. The molecule has 4 unspecified atom stereocenters. The predicted molar refractivity (Wildman–Crippen MR) is 95.5 cm³/mol. The maximum atomic E-state index is 3.79. The third-order valence-electron chi connectivity index (χ3n) is 6.07. The fourth-order valence-electron chi connectivity index (χ4n) is 4.80. The first kappa shape index (κ1) is 17.1. The molecule has 1 saturated heterocycles. The van der Waals surface area contributed by atoms with Gasteiger partial charge in [0.25, 0.3) is 0 Å². The van der Waals surface area contributed by atoms with E-state index >= 15 is 0 Å². The molecule has 1 radical (unpaired) electrons. The summed E-state index contributed by atoms with van der Waals surface area (Å²) in [7, 11) is 0. The molecular formula is C20H30N2V. The number of piperidine rings is 1. The summed E-state index contributed by atoms with van der Waals surface area (Å²) in [5.41, 5.74) is 4.49. The van der Waals surface area contributed by atoms with Crippen LogP contribution in [0, 0.1) is 5.92 Å². The largest absolute Gasteiger partial charge is 0.358 e. The van der Waals surface area contributed by atoms with Crippen molar-refractivity contribution in [3.05, 3.63) is 35.5 Å². The van der Waals surface area contributed by atoms with E-state index < -0.39 is 0 Å². The molecule has 23 heavy (non-hydrogen) atoms. The van der Waals surface area contributed by atoms with Gasteiger partial charge in [-0.25, -0.2) is 0 Å². The number of benzene rings is 1. The van der Waals surface area contributed by atoms with Crippen LogP contribution in [0.5, 0.6) is 0 Å². The summed E-state index contributed by atoms with van der Waals surface area (Å²) < 4.78 is 0. The fraction of sp³-hybridized carbons (Fsp3) is 0.600. The Morgan fingerprint density at radius 3 is 2.96 bits per heavy atom. The van der Waals surface area contributed by atoms with Crippen LogP contribution < -0.4 is 0 Å². The van der Waals surface area contributed by atoms with Crippen LogP contribution in [0.25, 0.3) is 10.9 Å². The van der Waals surface area contributed by atoms with E-state index in [0.717, 1.165) is 5.92 Å². The number of unbranched alkanes of at least 4 members (excludes halogenated alkanes) is 1. The molecule has 0 saturated carbocycles. The monoisotopic (exact) mass is 349 g/mol. The fourth-order valence-corrected chi connectivity index (χ4v) is 4.80.